The van der Waals surface area contributed by atoms with Gasteiger partial charge in [0, 0.05) is 37.3 Å². The maximum Gasteiger partial charge on any atom is 0.223 e. The van der Waals surface area contributed by atoms with Crippen LogP contribution in [-0.4, -0.2) is 20.7 Å². The Labute approximate surface area is 144 Å². The van der Waals surface area contributed by atoms with Crippen molar-refractivity contribution in [1.82, 2.24) is 20.1 Å². The molecule has 124 valence electrons. The summed E-state index contributed by atoms with van der Waals surface area (Å²) in [6.07, 6.45) is 3.69. The molecule has 3 rings (SSSR count). The molecule has 1 amide bonds. The first kappa shape index (κ1) is 16.4. The predicted octanol–water partition coefficient (Wildman–Crippen LogP) is 3.14. The van der Waals surface area contributed by atoms with Crippen molar-refractivity contribution in [3.05, 3.63) is 59.4 Å². The van der Waals surface area contributed by atoms with E-state index in [1.807, 2.05) is 22.3 Å². The van der Waals surface area contributed by atoms with E-state index in [4.69, 9.17) is 0 Å². The van der Waals surface area contributed by atoms with E-state index in [0.717, 1.165) is 11.4 Å². The number of nitrogens with one attached hydrogen (secondary N) is 2. The minimum Gasteiger partial charge on any atom is -0.305 e. The molecule has 2 N–H and O–H groups in total. The second-order valence-corrected chi connectivity index (χ2v) is 6.33. The molecule has 7 heteroatoms. The Hall–Kier alpha value is -2.51. The molecule has 0 radical (unpaired) electrons. The molecule has 0 saturated heterocycles. The van der Waals surface area contributed by atoms with Gasteiger partial charge in [-0.05, 0) is 30.7 Å². The van der Waals surface area contributed by atoms with Gasteiger partial charge in [0.2, 0.25) is 5.91 Å². The number of hydrogen-bond donors (Lipinski definition) is 2. The van der Waals surface area contributed by atoms with Crippen LogP contribution in [0.4, 0.5) is 5.13 Å². The number of anilines is 1. The lowest BCUT2D eigenvalue weighted by molar-refractivity contribution is -0.114. The highest BCUT2D eigenvalue weighted by Gasteiger charge is 2.08. The van der Waals surface area contributed by atoms with Crippen LogP contribution in [0, 0.1) is 0 Å². The molecule has 0 fully saturated rings. The van der Waals surface area contributed by atoms with Crippen LogP contribution in [0.3, 0.4) is 0 Å². The first-order chi connectivity index (χ1) is 11.6. The van der Waals surface area contributed by atoms with Gasteiger partial charge in [-0.25, -0.2) is 9.67 Å². The zero-order valence-electron chi connectivity index (χ0n) is 13.6. The van der Waals surface area contributed by atoms with Crippen molar-refractivity contribution < 1.29 is 4.79 Å². The quantitative estimate of drug-likeness (QED) is 0.722. The summed E-state index contributed by atoms with van der Waals surface area (Å²) in [7, 11) is 0. The highest BCUT2D eigenvalue weighted by atomic mass is 32.1. The third-order valence-corrected chi connectivity index (χ3v) is 4.39. The lowest BCUT2D eigenvalue weighted by Crippen LogP contribution is -2.18. The first-order valence-corrected chi connectivity index (χ1v) is 8.55. The van der Waals surface area contributed by atoms with Crippen LogP contribution in [-0.2, 0) is 11.3 Å². The molecule has 0 aliphatic carbocycles. The normalized spacial score (nSPS) is 12.1. The summed E-state index contributed by atoms with van der Waals surface area (Å²) in [6, 6.07) is 10.4. The minimum atomic E-state index is -0.102. The Morgan fingerprint density at radius 2 is 2.12 bits per heavy atom. The monoisotopic (exact) mass is 341 g/mol. The number of nitrogens with zero attached hydrogens (tertiary/aromatic N) is 3. The van der Waals surface area contributed by atoms with Gasteiger partial charge in [-0.3, -0.25) is 4.79 Å². The van der Waals surface area contributed by atoms with E-state index >= 15 is 0 Å². The van der Waals surface area contributed by atoms with Crippen LogP contribution in [0.15, 0.2) is 48.1 Å². The van der Waals surface area contributed by atoms with E-state index < -0.39 is 0 Å². The number of rotatable bonds is 6. The van der Waals surface area contributed by atoms with Crippen molar-refractivity contribution in [2.75, 3.05) is 5.32 Å². The minimum absolute atomic E-state index is 0.102. The van der Waals surface area contributed by atoms with Crippen LogP contribution in [0.25, 0.3) is 5.69 Å². The Bertz CT molecular complexity index is 795. The molecule has 0 aliphatic rings. The van der Waals surface area contributed by atoms with Crippen molar-refractivity contribution in [2.45, 2.75) is 26.4 Å². The van der Waals surface area contributed by atoms with Gasteiger partial charge in [-0.2, -0.15) is 5.10 Å². The van der Waals surface area contributed by atoms with E-state index in [0.29, 0.717) is 11.7 Å². The number of aromatic nitrogens is 3. The van der Waals surface area contributed by atoms with E-state index in [1.165, 1.54) is 23.8 Å². The summed E-state index contributed by atoms with van der Waals surface area (Å²) in [5, 5.41) is 13.0. The smallest absolute Gasteiger partial charge is 0.223 e. The van der Waals surface area contributed by atoms with Gasteiger partial charge in [0.05, 0.1) is 11.4 Å². The van der Waals surface area contributed by atoms with Crippen LogP contribution in [0.5, 0.6) is 0 Å². The number of hydrogen-bond acceptors (Lipinski definition) is 5. The number of carbonyl (C=O) groups excluding carboxylic acids is 1. The number of amides is 1. The number of thiazole rings is 1. The van der Waals surface area contributed by atoms with Crippen molar-refractivity contribution in [2.24, 2.45) is 0 Å². The summed E-state index contributed by atoms with van der Waals surface area (Å²) < 4.78 is 1.83. The van der Waals surface area contributed by atoms with Gasteiger partial charge < -0.3 is 10.6 Å². The highest BCUT2D eigenvalue weighted by Crippen LogP contribution is 2.18. The van der Waals surface area contributed by atoms with Gasteiger partial charge in [0.1, 0.15) is 0 Å². The van der Waals surface area contributed by atoms with Gasteiger partial charge in [0.25, 0.3) is 0 Å². The van der Waals surface area contributed by atoms with Crippen LogP contribution >= 0.6 is 11.3 Å². The van der Waals surface area contributed by atoms with Crippen molar-refractivity contribution in [3.63, 3.8) is 0 Å². The van der Waals surface area contributed by atoms with E-state index in [1.54, 1.807) is 6.20 Å². The molecule has 1 aromatic carbocycles. The molecule has 1 atom stereocenters. The number of carbonyl (C=O) groups is 1. The Kier molecular flexibility index (Phi) is 5.02. The summed E-state index contributed by atoms with van der Waals surface area (Å²) in [5.74, 6) is -0.102. The SMILES string of the molecule is CC(=O)Nc1nc(CNC(C)c2ccc(-n3cccn3)cc2)cs1. The first-order valence-electron chi connectivity index (χ1n) is 7.67. The Balaban J connectivity index is 1.57. The molecule has 0 aliphatic heterocycles. The van der Waals surface area contributed by atoms with Gasteiger partial charge in [0.15, 0.2) is 5.13 Å². The highest BCUT2D eigenvalue weighted by molar-refractivity contribution is 7.13. The molecular weight excluding hydrogens is 322 g/mol. The van der Waals surface area contributed by atoms with Crippen LogP contribution in [0.1, 0.15) is 31.1 Å². The molecule has 3 aromatic rings. The van der Waals surface area contributed by atoms with Gasteiger partial charge in [-0.1, -0.05) is 12.1 Å². The molecule has 6 nitrogen and oxygen atoms in total. The third kappa shape index (κ3) is 4.06. The molecular formula is C17H19N5OS. The van der Waals surface area contributed by atoms with Gasteiger partial charge in [-0.15, -0.1) is 11.3 Å². The fraction of sp³-hybridized carbons (Fsp3) is 0.235. The van der Waals surface area contributed by atoms with Crippen LogP contribution in [0.2, 0.25) is 0 Å². The summed E-state index contributed by atoms with van der Waals surface area (Å²) in [6.45, 7) is 4.25. The largest absolute Gasteiger partial charge is 0.305 e. The van der Waals surface area contributed by atoms with Crippen molar-refractivity contribution in [1.29, 1.82) is 0 Å². The lowest BCUT2D eigenvalue weighted by Gasteiger charge is -2.14. The molecule has 1 unspecified atom stereocenters. The Morgan fingerprint density at radius 3 is 2.79 bits per heavy atom. The number of benzene rings is 1. The average Bonchev–Trinajstić information content (AvgIpc) is 3.24. The fourth-order valence-corrected chi connectivity index (χ4v) is 3.07. The molecule has 0 bridgehead atoms. The fourth-order valence-electron chi connectivity index (χ4n) is 2.31. The molecule has 2 heterocycles. The van der Waals surface area contributed by atoms with Crippen molar-refractivity contribution in [3.8, 4) is 5.69 Å². The van der Waals surface area contributed by atoms with Gasteiger partial charge >= 0.3 is 0 Å². The second-order valence-electron chi connectivity index (χ2n) is 5.47. The topological polar surface area (TPSA) is 71.8 Å². The van der Waals surface area contributed by atoms with Crippen molar-refractivity contribution >= 4 is 22.4 Å². The molecule has 0 saturated carbocycles. The zero-order valence-corrected chi connectivity index (χ0v) is 14.4. The third-order valence-electron chi connectivity index (χ3n) is 3.59. The van der Waals surface area contributed by atoms with E-state index in [-0.39, 0.29) is 11.9 Å². The Morgan fingerprint density at radius 1 is 1.33 bits per heavy atom. The standard InChI is InChI=1S/C17H19N5OS/c1-12(18-10-15-11-24-17(21-15)20-13(2)23)14-4-6-16(7-5-14)22-9-3-8-19-22/h3-9,11-12,18H,10H2,1-2H3,(H,20,21,23). The zero-order chi connectivity index (χ0) is 16.9. The summed E-state index contributed by atoms with van der Waals surface area (Å²) in [5.41, 5.74) is 3.15. The average molecular weight is 341 g/mol. The predicted molar refractivity (Wildman–Crippen MR) is 95.2 cm³/mol. The van der Waals surface area contributed by atoms with E-state index in [9.17, 15) is 4.79 Å². The van der Waals surface area contributed by atoms with Crippen LogP contribution < -0.4 is 10.6 Å². The molecule has 24 heavy (non-hydrogen) atoms. The van der Waals surface area contributed by atoms with E-state index in [2.05, 4.69) is 51.9 Å². The molecule has 0 spiro atoms. The lowest BCUT2D eigenvalue weighted by atomic mass is 10.1. The summed E-state index contributed by atoms with van der Waals surface area (Å²) >= 11 is 1.43. The molecule has 2 aromatic heterocycles. The second kappa shape index (κ2) is 7.37. The maximum absolute atomic E-state index is 11.0. The summed E-state index contributed by atoms with van der Waals surface area (Å²) in [4.78, 5) is 15.4. The maximum atomic E-state index is 11.0.